The molecule has 2 aromatic rings. The van der Waals surface area contributed by atoms with Crippen molar-refractivity contribution >= 4 is 23.0 Å². The molecule has 1 aromatic heterocycles. The zero-order valence-electron chi connectivity index (χ0n) is 23.1. The van der Waals surface area contributed by atoms with Crippen molar-refractivity contribution < 1.29 is 19.1 Å². The second-order valence-electron chi connectivity index (χ2n) is 11.2. The first-order valence-electron chi connectivity index (χ1n) is 13.2. The molecule has 2 atom stereocenters. The molecule has 1 aliphatic heterocycles. The maximum absolute atomic E-state index is 14.2. The lowest BCUT2D eigenvalue weighted by atomic mass is 9.93. The van der Waals surface area contributed by atoms with Crippen molar-refractivity contribution in [3.05, 3.63) is 30.1 Å². The number of hydrogen-bond donors (Lipinski definition) is 0. The van der Waals surface area contributed by atoms with Gasteiger partial charge in [0.05, 0.1) is 29.1 Å². The molecule has 0 radical (unpaired) electrons. The van der Waals surface area contributed by atoms with Crippen molar-refractivity contribution in [1.82, 2.24) is 19.4 Å². The number of benzene rings is 1. The van der Waals surface area contributed by atoms with Gasteiger partial charge >= 0.3 is 6.09 Å². The van der Waals surface area contributed by atoms with E-state index in [1.807, 2.05) is 54.5 Å². The number of methoxy groups -OCH3 is 1. The van der Waals surface area contributed by atoms with Crippen LogP contribution in [0.2, 0.25) is 0 Å². The van der Waals surface area contributed by atoms with Crippen molar-refractivity contribution in [3.63, 3.8) is 0 Å². The summed E-state index contributed by atoms with van der Waals surface area (Å²) in [5, 5.41) is 9.78. The van der Waals surface area contributed by atoms with Crippen LogP contribution in [0.1, 0.15) is 64.5 Å². The van der Waals surface area contributed by atoms with E-state index in [2.05, 4.69) is 19.9 Å². The number of nitrogens with zero attached hydrogens (tertiary/aromatic N) is 5. The Bertz CT molecular complexity index is 1110. The zero-order chi connectivity index (χ0) is 27.2. The molecule has 2 amide bonds. The number of aromatic nitrogens is 2. The molecular formula is C28H41N5O4. The number of unbranched alkanes of at least 4 members (excludes halogenated alkanes) is 1. The van der Waals surface area contributed by atoms with Gasteiger partial charge in [-0.1, -0.05) is 26.0 Å². The Hall–Kier alpha value is -3.12. The minimum absolute atomic E-state index is 0.177. The molecule has 0 spiro atoms. The minimum atomic E-state index is -0.646. The predicted molar refractivity (Wildman–Crippen MR) is 142 cm³/mol. The van der Waals surface area contributed by atoms with Crippen LogP contribution in [0.25, 0.3) is 11.0 Å². The molecule has 2 heterocycles. The number of hydrogen-bond acceptors (Lipinski definition) is 6. The van der Waals surface area contributed by atoms with Crippen LogP contribution >= 0.6 is 0 Å². The topological polar surface area (TPSA) is 101 Å². The van der Waals surface area contributed by atoms with Crippen molar-refractivity contribution in [2.24, 2.45) is 11.8 Å². The van der Waals surface area contributed by atoms with Gasteiger partial charge < -0.3 is 23.8 Å². The van der Waals surface area contributed by atoms with E-state index in [1.54, 1.807) is 12.0 Å². The Morgan fingerprint density at radius 3 is 2.59 bits per heavy atom. The van der Waals surface area contributed by atoms with Gasteiger partial charge in [-0.05, 0) is 58.1 Å². The number of imidazole rings is 1. The van der Waals surface area contributed by atoms with Gasteiger partial charge in [-0.15, -0.1) is 0 Å². The molecule has 9 heteroatoms. The van der Waals surface area contributed by atoms with Crippen LogP contribution in [-0.2, 0) is 16.0 Å². The minimum Gasteiger partial charge on any atom is -0.444 e. The van der Waals surface area contributed by atoms with E-state index >= 15 is 0 Å². The zero-order valence-corrected chi connectivity index (χ0v) is 23.1. The SMILES string of the molecule is COCCCCn1c(C(=O)N(CC(C)C)C2C[C@@H](C#N)CN(C(=O)OC(C)(C)C)C2)nc2ccccc21. The van der Waals surface area contributed by atoms with E-state index in [1.165, 1.54) is 0 Å². The highest BCUT2D eigenvalue weighted by atomic mass is 16.6. The smallest absolute Gasteiger partial charge is 0.410 e. The molecule has 1 saturated heterocycles. The van der Waals surface area contributed by atoms with Gasteiger partial charge in [0.1, 0.15) is 5.60 Å². The van der Waals surface area contributed by atoms with E-state index < -0.39 is 11.7 Å². The molecule has 1 aromatic carbocycles. The number of carbonyl (C=O) groups is 2. The first-order chi connectivity index (χ1) is 17.5. The number of ether oxygens (including phenoxy) is 2. The van der Waals surface area contributed by atoms with E-state index in [-0.39, 0.29) is 23.8 Å². The highest BCUT2D eigenvalue weighted by molar-refractivity contribution is 5.95. The summed E-state index contributed by atoms with van der Waals surface area (Å²) >= 11 is 0. The molecule has 37 heavy (non-hydrogen) atoms. The molecule has 202 valence electrons. The lowest BCUT2D eigenvalue weighted by Gasteiger charge is -2.41. The largest absolute Gasteiger partial charge is 0.444 e. The Balaban J connectivity index is 1.94. The van der Waals surface area contributed by atoms with Gasteiger partial charge in [-0.3, -0.25) is 4.79 Å². The summed E-state index contributed by atoms with van der Waals surface area (Å²) in [5.41, 5.74) is 1.05. The number of fused-ring (bicyclic) bond motifs is 1. The number of rotatable bonds is 9. The summed E-state index contributed by atoms with van der Waals surface area (Å²) in [5.74, 6) is 0.0223. The third kappa shape index (κ3) is 7.45. The fourth-order valence-electron chi connectivity index (χ4n) is 4.77. The Morgan fingerprint density at radius 1 is 1.22 bits per heavy atom. The maximum Gasteiger partial charge on any atom is 0.410 e. The Kier molecular flexibility index (Phi) is 9.55. The lowest BCUT2D eigenvalue weighted by Crippen LogP contribution is -2.55. The van der Waals surface area contributed by atoms with Crippen LogP contribution in [0.3, 0.4) is 0 Å². The average molecular weight is 512 g/mol. The Morgan fingerprint density at radius 2 is 1.95 bits per heavy atom. The number of nitriles is 1. The average Bonchev–Trinajstić information content (AvgIpc) is 3.22. The fourth-order valence-corrected chi connectivity index (χ4v) is 4.77. The van der Waals surface area contributed by atoms with Crippen molar-refractivity contribution in [2.45, 2.75) is 72.1 Å². The second kappa shape index (κ2) is 12.4. The molecule has 0 aliphatic carbocycles. The first-order valence-corrected chi connectivity index (χ1v) is 13.2. The summed E-state index contributed by atoms with van der Waals surface area (Å²) in [4.78, 5) is 35.2. The van der Waals surface area contributed by atoms with E-state index in [9.17, 15) is 14.9 Å². The van der Waals surface area contributed by atoms with Crippen LogP contribution in [0.5, 0.6) is 0 Å². The Labute approximate surface area is 220 Å². The number of para-hydroxylation sites is 2. The van der Waals surface area contributed by atoms with Crippen LogP contribution in [0.15, 0.2) is 24.3 Å². The number of aryl methyl sites for hydroxylation is 1. The molecule has 9 nitrogen and oxygen atoms in total. The van der Waals surface area contributed by atoms with Crippen molar-refractivity contribution in [2.75, 3.05) is 33.4 Å². The first kappa shape index (κ1) is 28.5. The summed E-state index contributed by atoms with van der Waals surface area (Å²) < 4.78 is 12.8. The third-order valence-electron chi connectivity index (χ3n) is 6.35. The molecular weight excluding hydrogens is 470 g/mol. The van der Waals surface area contributed by atoms with Crippen molar-refractivity contribution in [3.8, 4) is 6.07 Å². The molecule has 1 unspecified atom stereocenters. The van der Waals surface area contributed by atoms with Gasteiger partial charge in [0.25, 0.3) is 5.91 Å². The molecule has 0 N–H and O–H groups in total. The summed E-state index contributed by atoms with van der Waals surface area (Å²) in [7, 11) is 1.69. The van der Waals surface area contributed by atoms with E-state index in [0.29, 0.717) is 45.0 Å². The number of amides is 2. The second-order valence-corrected chi connectivity index (χ2v) is 11.2. The molecule has 3 rings (SSSR count). The monoisotopic (exact) mass is 511 g/mol. The quantitative estimate of drug-likeness (QED) is 0.452. The molecule has 0 bridgehead atoms. The molecule has 0 saturated carbocycles. The highest BCUT2D eigenvalue weighted by Gasteiger charge is 2.38. The number of likely N-dealkylation sites (tertiary alicyclic amines) is 1. The highest BCUT2D eigenvalue weighted by Crippen LogP contribution is 2.26. The fraction of sp³-hybridized carbons (Fsp3) is 0.643. The standard InChI is InChI=1S/C28H41N5O4/c1-20(2)17-33(22-15-21(16-29)18-31(19-22)27(35)37-28(3,4)5)26(34)25-30-23-11-7-8-12-24(23)32(25)13-9-10-14-36-6/h7-8,11-12,20-22H,9-10,13-15,17-19H2,1-6H3/t21-,22?/m0/s1. The van der Waals surface area contributed by atoms with E-state index in [4.69, 9.17) is 14.5 Å². The number of carbonyl (C=O) groups excluding carboxylic acids is 2. The molecule has 1 aliphatic rings. The normalized spacial score (nSPS) is 18.2. The van der Waals surface area contributed by atoms with E-state index in [0.717, 1.165) is 23.9 Å². The summed E-state index contributed by atoms with van der Waals surface area (Å²) in [6.45, 7) is 12.0. The number of piperidine rings is 1. The summed E-state index contributed by atoms with van der Waals surface area (Å²) in [6, 6.07) is 9.78. The van der Waals surface area contributed by atoms with Crippen LogP contribution in [0, 0.1) is 23.2 Å². The lowest BCUT2D eigenvalue weighted by molar-refractivity contribution is 0.00472. The van der Waals surface area contributed by atoms with Crippen LogP contribution in [0.4, 0.5) is 4.79 Å². The summed E-state index contributed by atoms with van der Waals surface area (Å²) in [6.07, 6.45) is 1.77. The van der Waals surface area contributed by atoms with Gasteiger partial charge in [0, 0.05) is 39.9 Å². The van der Waals surface area contributed by atoms with Gasteiger partial charge in [0.2, 0.25) is 0 Å². The van der Waals surface area contributed by atoms with Gasteiger partial charge in [-0.2, -0.15) is 5.26 Å². The molecule has 1 fully saturated rings. The maximum atomic E-state index is 14.2. The van der Waals surface area contributed by atoms with Crippen LogP contribution < -0.4 is 0 Å². The predicted octanol–water partition coefficient (Wildman–Crippen LogP) is 4.71. The van der Waals surface area contributed by atoms with Crippen LogP contribution in [-0.4, -0.2) is 76.3 Å². The van der Waals surface area contributed by atoms with Gasteiger partial charge in [0.15, 0.2) is 5.82 Å². The third-order valence-corrected chi connectivity index (χ3v) is 6.35. The van der Waals surface area contributed by atoms with Crippen molar-refractivity contribution in [1.29, 1.82) is 5.26 Å². The van der Waals surface area contributed by atoms with Gasteiger partial charge in [-0.25, -0.2) is 9.78 Å².